The standard InChI is InChI=1S/C31H35F3O3/c1-2-3-4-5-6-10-23-36-28-20-18-26(19-21-28)25-14-16-27(17-15-25)30(35)37-29(31(32,33)34)22-13-24-11-8-7-9-12-24/h7-9,11-12,14-21,29H,2-6,10,13,22-23H2,1H3. The number of benzene rings is 3. The van der Waals surface area contributed by atoms with Crippen molar-refractivity contribution >= 4 is 5.97 Å². The lowest BCUT2D eigenvalue weighted by atomic mass is 10.0. The predicted molar refractivity (Wildman–Crippen MR) is 141 cm³/mol. The zero-order valence-corrected chi connectivity index (χ0v) is 21.3. The lowest BCUT2D eigenvalue weighted by Gasteiger charge is -2.21. The fourth-order valence-corrected chi connectivity index (χ4v) is 4.04. The van der Waals surface area contributed by atoms with Crippen LogP contribution in [0.15, 0.2) is 78.9 Å². The van der Waals surface area contributed by atoms with Crippen molar-refractivity contribution in [3.8, 4) is 16.9 Å². The summed E-state index contributed by atoms with van der Waals surface area (Å²) >= 11 is 0. The molecule has 0 saturated carbocycles. The van der Waals surface area contributed by atoms with Gasteiger partial charge in [0.25, 0.3) is 0 Å². The van der Waals surface area contributed by atoms with Gasteiger partial charge in [-0.2, -0.15) is 13.2 Å². The Morgan fingerprint density at radius 2 is 1.38 bits per heavy atom. The second-order valence-corrected chi connectivity index (χ2v) is 9.18. The van der Waals surface area contributed by atoms with Crippen LogP contribution < -0.4 is 4.74 Å². The van der Waals surface area contributed by atoms with Crippen molar-refractivity contribution in [2.45, 2.75) is 70.6 Å². The number of unbranched alkanes of at least 4 members (excludes halogenated alkanes) is 5. The average Bonchev–Trinajstić information content (AvgIpc) is 2.91. The summed E-state index contributed by atoms with van der Waals surface area (Å²) < 4.78 is 51.2. The van der Waals surface area contributed by atoms with Gasteiger partial charge in [0.1, 0.15) is 5.75 Å². The lowest BCUT2D eigenvalue weighted by Crippen LogP contribution is -2.34. The van der Waals surface area contributed by atoms with Gasteiger partial charge < -0.3 is 9.47 Å². The van der Waals surface area contributed by atoms with Crippen molar-refractivity contribution in [2.75, 3.05) is 6.61 Å². The minimum absolute atomic E-state index is 0.0802. The number of carbonyl (C=O) groups excluding carboxylic acids is 1. The summed E-state index contributed by atoms with van der Waals surface area (Å²) in [5.74, 6) is -0.188. The van der Waals surface area contributed by atoms with E-state index in [4.69, 9.17) is 9.47 Å². The first kappa shape index (κ1) is 28.3. The number of alkyl halides is 3. The van der Waals surface area contributed by atoms with Gasteiger partial charge in [0.05, 0.1) is 12.2 Å². The van der Waals surface area contributed by atoms with Gasteiger partial charge in [0, 0.05) is 0 Å². The first-order valence-electron chi connectivity index (χ1n) is 13.0. The van der Waals surface area contributed by atoms with Gasteiger partial charge in [-0.05, 0) is 60.2 Å². The highest BCUT2D eigenvalue weighted by Gasteiger charge is 2.42. The summed E-state index contributed by atoms with van der Waals surface area (Å²) in [5, 5.41) is 0. The number of carbonyl (C=O) groups is 1. The van der Waals surface area contributed by atoms with Gasteiger partial charge in [0.15, 0.2) is 6.10 Å². The molecule has 37 heavy (non-hydrogen) atoms. The van der Waals surface area contributed by atoms with Crippen molar-refractivity contribution in [1.82, 2.24) is 0 Å². The third-order valence-corrected chi connectivity index (χ3v) is 6.23. The molecule has 0 aromatic heterocycles. The van der Waals surface area contributed by atoms with Gasteiger partial charge in [-0.3, -0.25) is 0 Å². The van der Waals surface area contributed by atoms with Crippen LogP contribution in [0.25, 0.3) is 11.1 Å². The molecular weight excluding hydrogens is 477 g/mol. The fraction of sp³-hybridized carbons (Fsp3) is 0.387. The van der Waals surface area contributed by atoms with Crippen LogP contribution in [-0.2, 0) is 11.2 Å². The molecule has 3 nitrogen and oxygen atoms in total. The Morgan fingerprint density at radius 3 is 2.00 bits per heavy atom. The van der Waals surface area contributed by atoms with E-state index < -0.39 is 18.2 Å². The highest BCUT2D eigenvalue weighted by atomic mass is 19.4. The largest absolute Gasteiger partial charge is 0.494 e. The number of halogens is 3. The number of ether oxygens (including phenoxy) is 2. The van der Waals surface area contributed by atoms with Crippen LogP contribution in [0.2, 0.25) is 0 Å². The summed E-state index contributed by atoms with van der Waals surface area (Å²) in [6.07, 6.45) is 0.279. The molecule has 0 aliphatic heterocycles. The molecule has 0 N–H and O–H groups in total. The van der Waals surface area contributed by atoms with E-state index in [0.717, 1.165) is 28.9 Å². The summed E-state index contributed by atoms with van der Waals surface area (Å²) in [6, 6.07) is 22.9. The van der Waals surface area contributed by atoms with Crippen LogP contribution in [-0.4, -0.2) is 24.9 Å². The van der Waals surface area contributed by atoms with Gasteiger partial charge in [-0.1, -0.05) is 93.6 Å². The maximum Gasteiger partial charge on any atom is 0.425 e. The van der Waals surface area contributed by atoms with Crippen molar-refractivity contribution in [1.29, 1.82) is 0 Å². The van der Waals surface area contributed by atoms with E-state index in [9.17, 15) is 18.0 Å². The Hall–Kier alpha value is -3.28. The summed E-state index contributed by atoms with van der Waals surface area (Å²) in [7, 11) is 0. The normalized spacial score (nSPS) is 12.2. The van der Waals surface area contributed by atoms with Crippen molar-refractivity contribution in [2.24, 2.45) is 0 Å². The third kappa shape index (κ3) is 9.60. The van der Waals surface area contributed by atoms with Crippen LogP contribution in [0.3, 0.4) is 0 Å². The SMILES string of the molecule is CCCCCCCCOc1ccc(-c2ccc(C(=O)OC(CCc3ccccc3)C(F)(F)F)cc2)cc1. The lowest BCUT2D eigenvalue weighted by molar-refractivity contribution is -0.205. The average molecular weight is 513 g/mol. The Morgan fingerprint density at radius 1 is 0.784 bits per heavy atom. The molecule has 198 valence electrons. The molecule has 0 aliphatic carbocycles. The highest BCUT2D eigenvalue weighted by molar-refractivity contribution is 5.90. The molecule has 3 rings (SSSR count). The predicted octanol–water partition coefficient (Wildman–Crippen LogP) is 8.81. The smallest absolute Gasteiger partial charge is 0.425 e. The Kier molecular flexibility index (Phi) is 11.1. The number of hydrogen-bond donors (Lipinski definition) is 0. The summed E-state index contributed by atoms with van der Waals surface area (Å²) in [6.45, 7) is 2.89. The minimum atomic E-state index is -4.64. The maximum atomic E-state index is 13.5. The van der Waals surface area contributed by atoms with E-state index in [2.05, 4.69) is 6.92 Å². The van der Waals surface area contributed by atoms with Gasteiger partial charge >= 0.3 is 12.1 Å². The van der Waals surface area contributed by atoms with Crippen LogP contribution >= 0.6 is 0 Å². The van der Waals surface area contributed by atoms with Crippen molar-refractivity contribution < 1.29 is 27.4 Å². The number of aryl methyl sites for hydroxylation is 1. The quantitative estimate of drug-likeness (QED) is 0.160. The second-order valence-electron chi connectivity index (χ2n) is 9.18. The molecule has 1 unspecified atom stereocenters. The molecule has 0 aliphatic rings. The molecule has 0 fully saturated rings. The zero-order valence-electron chi connectivity index (χ0n) is 21.3. The summed E-state index contributed by atoms with van der Waals surface area (Å²) in [5.41, 5.74) is 2.60. The van der Waals surface area contributed by atoms with E-state index in [1.807, 2.05) is 24.3 Å². The second kappa shape index (κ2) is 14.5. The van der Waals surface area contributed by atoms with E-state index in [0.29, 0.717) is 6.61 Å². The summed E-state index contributed by atoms with van der Waals surface area (Å²) in [4.78, 5) is 12.5. The molecule has 0 heterocycles. The Bertz CT molecular complexity index is 1060. The zero-order chi connectivity index (χ0) is 26.5. The molecule has 0 bridgehead atoms. The Balaban J connectivity index is 1.51. The van der Waals surface area contributed by atoms with Gasteiger partial charge in [-0.15, -0.1) is 0 Å². The molecule has 0 radical (unpaired) electrons. The Labute approximate surface area is 217 Å². The van der Waals surface area contributed by atoms with Crippen LogP contribution in [0.5, 0.6) is 5.75 Å². The highest BCUT2D eigenvalue weighted by Crippen LogP contribution is 2.28. The van der Waals surface area contributed by atoms with Gasteiger partial charge in [0.2, 0.25) is 0 Å². The van der Waals surface area contributed by atoms with E-state index >= 15 is 0 Å². The van der Waals surface area contributed by atoms with Crippen LogP contribution in [0, 0.1) is 0 Å². The first-order chi connectivity index (χ1) is 17.9. The van der Waals surface area contributed by atoms with Gasteiger partial charge in [-0.25, -0.2) is 4.79 Å². The van der Waals surface area contributed by atoms with Crippen LogP contribution in [0.4, 0.5) is 13.2 Å². The van der Waals surface area contributed by atoms with Crippen molar-refractivity contribution in [3.63, 3.8) is 0 Å². The monoisotopic (exact) mass is 512 g/mol. The third-order valence-electron chi connectivity index (χ3n) is 6.23. The molecule has 0 amide bonds. The topological polar surface area (TPSA) is 35.5 Å². The van der Waals surface area contributed by atoms with E-state index in [1.54, 1.807) is 42.5 Å². The van der Waals surface area contributed by atoms with Crippen LogP contribution in [0.1, 0.15) is 67.8 Å². The van der Waals surface area contributed by atoms with E-state index in [-0.39, 0.29) is 18.4 Å². The number of rotatable bonds is 14. The molecule has 1 atom stereocenters. The minimum Gasteiger partial charge on any atom is -0.494 e. The molecule has 3 aromatic carbocycles. The molecular formula is C31H35F3O3. The number of hydrogen-bond acceptors (Lipinski definition) is 3. The molecule has 0 spiro atoms. The fourth-order valence-electron chi connectivity index (χ4n) is 4.04. The molecule has 3 aromatic rings. The number of esters is 1. The molecule has 0 saturated heterocycles. The first-order valence-corrected chi connectivity index (χ1v) is 13.0. The van der Waals surface area contributed by atoms with Crippen molar-refractivity contribution in [3.05, 3.63) is 90.0 Å². The maximum absolute atomic E-state index is 13.5. The van der Waals surface area contributed by atoms with E-state index in [1.165, 1.54) is 44.2 Å². The molecule has 6 heteroatoms.